The van der Waals surface area contributed by atoms with E-state index in [4.69, 9.17) is 0 Å². The Hall–Kier alpha value is -2.94. The number of fused-ring (bicyclic) bond motifs is 2. The first-order valence-electron chi connectivity index (χ1n) is 10.8. The smallest absolute Gasteiger partial charge is 0.248 e. The molecule has 1 saturated heterocycles. The molecule has 1 aliphatic heterocycles. The van der Waals surface area contributed by atoms with E-state index < -0.39 is 0 Å². The number of thiophene rings is 1. The number of halogens is 1. The highest BCUT2D eigenvalue weighted by atomic mass is 35.5. The Morgan fingerprint density at radius 3 is 2.73 bits per heavy atom. The lowest BCUT2D eigenvalue weighted by molar-refractivity contribution is -0.114. The number of carbonyl (C=O) groups excluding carboxylic acids is 1. The van der Waals surface area contributed by atoms with Crippen molar-refractivity contribution in [3.8, 4) is 0 Å². The van der Waals surface area contributed by atoms with Gasteiger partial charge in [0, 0.05) is 78.6 Å². The number of hydrogen-bond acceptors (Lipinski definition) is 6. The number of H-pyrrole nitrogens is 1. The zero-order valence-electron chi connectivity index (χ0n) is 18.3. The maximum Gasteiger partial charge on any atom is 0.248 e. The number of aromatic amines is 1. The predicted octanol–water partition coefficient (Wildman–Crippen LogP) is 3.88. The van der Waals surface area contributed by atoms with E-state index in [0.717, 1.165) is 67.1 Å². The topological polar surface area (TPSA) is 81.3 Å². The molecule has 1 amide bonds. The van der Waals surface area contributed by atoms with Gasteiger partial charge in [0.15, 0.2) is 0 Å². The van der Waals surface area contributed by atoms with Gasteiger partial charge in [-0.1, -0.05) is 0 Å². The number of nitrogens with zero attached hydrogens (tertiary/aromatic N) is 3. The zero-order chi connectivity index (χ0) is 22.1. The summed E-state index contributed by atoms with van der Waals surface area (Å²) < 4.78 is 1.28. The van der Waals surface area contributed by atoms with Crippen LogP contribution in [0.4, 0.5) is 11.5 Å². The summed E-state index contributed by atoms with van der Waals surface area (Å²) in [5, 5.41) is 7.15. The van der Waals surface area contributed by atoms with Crippen LogP contribution in [0.3, 0.4) is 0 Å². The first-order valence-corrected chi connectivity index (χ1v) is 11.7. The van der Waals surface area contributed by atoms with Crippen molar-refractivity contribution in [2.24, 2.45) is 0 Å². The monoisotopic (exact) mass is 483 g/mol. The Morgan fingerprint density at radius 2 is 1.94 bits per heavy atom. The first-order chi connectivity index (χ1) is 15.6. The third-order valence-corrected chi connectivity index (χ3v) is 6.86. The van der Waals surface area contributed by atoms with Gasteiger partial charge in [-0.2, -0.15) is 0 Å². The largest absolute Gasteiger partial charge is 0.354 e. The fourth-order valence-electron chi connectivity index (χ4n) is 4.41. The molecule has 0 unspecified atom stereocenters. The lowest BCUT2D eigenvalue weighted by atomic mass is 10.0. The fraction of sp³-hybridized carbons (Fsp3) is 0.292. The standard InChI is InChI=1S/C24H25N5O2S.ClH/c1-16(30)26-18-2-3-21-20(15-18)17(14-23(31)27-21)5-8-28-9-11-29(12-10-28)24-19-6-13-32-22(19)4-7-25-24;/h2-4,6-7,13-15H,5,8-12H2,1H3,(H,26,30)(H,27,31);1H. The van der Waals surface area contributed by atoms with E-state index in [9.17, 15) is 9.59 Å². The van der Waals surface area contributed by atoms with E-state index >= 15 is 0 Å². The number of anilines is 2. The summed E-state index contributed by atoms with van der Waals surface area (Å²) in [6.45, 7) is 6.16. The average molecular weight is 484 g/mol. The first kappa shape index (κ1) is 23.2. The Bertz CT molecular complexity index is 1340. The van der Waals surface area contributed by atoms with Gasteiger partial charge in [-0.15, -0.1) is 23.7 Å². The number of piperazine rings is 1. The minimum atomic E-state index is -0.110. The van der Waals surface area contributed by atoms with Gasteiger partial charge < -0.3 is 15.2 Å². The van der Waals surface area contributed by atoms with Crippen LogP contribution in [0.5, 0.6) is 0 Å². The van der Waals surface area contributed by atoms with Crippen LogP contribution in [0.1, 0.15) is 12.5 Å². The van der Waals surface area contributed by atoms with Crippen LogP contribution in [0.2, 0.25) is 0 Å². The number of hydrogen-bond donors (Lipinski definition) is 2. The Labute approximate surface area is 201 Å². The molecule has 172 valence electrons. The minimum absolute atomic E-state index is 0. The average Bonchev–Trinajstić information content (AvgIpc) is 3.27. The van der Waals surface area contributed by atoms with Crippen molar-refractivity contribution in [2.45, 2.75) is 13.3 Å². The van der Waals surface area contributed by atoms with Crippen molar-refractivity contribution >= 4 is 62.1 Å². The zero-order valence-corrected chi connectivity index (χ0v) is 20.0. The number of amides is 1. The fourth-order valence-corrected chi connectivity index (χ4v) is 5.18. The van der Waals surface area contributed by atoms with Crippen LogP contribution in [-0.2, 0) is 11.2 Å². The number of rotatable bonds is 5. The molecular weight excluding hydrogens is 458 g/mol. The molecule has 0 radical (unpaired) electrons. The van der Waals surface area contributed by atoms with Crippen LogP contribution in [-0.4, -0.2) is 53.5 Å². The molecule has 4 heterocycles. The van der Waals surface area contributed by atoms with Crippen molar-refractivity contribution in [2.75, 3.05) is 42.9 Å². The summed E-state index contributed by atoms with van der Waals surface area (Å²) >= 11 is 1.75. The molecule has 1 aromatic carbocycles. The molecule has 0 bridgehead atoms. The molecule has 2 N–H and O–H groups in total. The van der Waals surface area contributed by atoms with Crippen molar-refractivity contribution in [1.29, 1.82) is 0 Å². The third kappa shape index (κ3) is 5.03. The number of nitrogens with one attached hydrogen (secondary N) is 2. The second-order valence-corrected chi connectivity index (χ2v) is 9.09. The maximum absolute atomic E-state index is 12.2. The molecule has 4 aromatic rings. The lowest BCUT2D eigenvalue weighted by Gasteiger charge is -2.35. The van der Waals surface area contributed by atoms with Crippen molar-refractivity contribution in [3.63, 3.8) is 0 Å². The number of carbonyl (C=O) groups is 1. The lowest BCUT2D eigenvalue weighted by Crippen LogP contribution is -2.47. The van der Waals surface area contributed by atoms with E-state index in [0.29, 0.717) is 0 Å². The molecule has 9 heteroatoms. The van der Waals surface area contributed by atoms with Crippen molar-refractivity contribution in [3.05, 3.63) is 63.9 Å². The quantitative estimate of drug-likeness (QED) is 0.450. The van der Waals surface area contributed by atoms with E-state index in [1.807, 2.05) is 24.4 Å². The molecule has 0 saturated carbocycles. The summed E-state index contributed by atoms with van der Waals surface area (Å²) in [6, 6.07) is 11.5. The van der Waals surface area contributed by atoms with Gasteiger partial charge in [-0.25, -0.2) is 4.98 Å². The summed E-state index contributed by atoms with van der Waals surface area (Å²) in [7, 11) is 0. The van der Waals surface area contributed by atoms with E-state index in [-0.39, 0.29) is 23.9 Å². The van der Waals surface area contributed by atoms with Crippen LogP contribution in [0.15, 0.2) is 52.8 Å². The van der Waals surface area contributed by atoms with Gasteiger partial charge in [0.05, 0.1) is 0 Å². The summed E-state index contributed by atoms with van der Waals surface area (Å²) in [4.78, 5) is 35.9. The molecular formula is C24H26ClN5O2S. The molecule has 0 atom stereocenters. The maximum atomic E-state index is 12.2. The molecule has 1 fully saturated rings. The SMILES string of the molecule is CC(=O)Nc1ccc2[nH]c(=O)cc(CCN3CCN(c4nccc5sccc45)CC3)c2c1.Cl. The van der Waals surface area contributed by atoms with E-state index in [1.54, 1.807) is 17.4 Å². The van der Waals surface area contributed by atoms with Crippen LogP contribution < -0.4 is 15.8 Å². The van der Waals surface area contributed by atoms with Gasteiger partial charge >= 0.3 is 0 Å². The van der Waals surface area contributed by atoms with Crippen molar-refractivity contribution < 1.29 is 4.79 Å². The van der Waals surface area contributed by atoms with Crippen molar-refractivity contribution in [1.82, 2.24) is 14.9 Å². The highest BCUT2D eigenvalue weighted by Crippen LogP contribution is 2.29. The molecule has 3 aromatic heterocycles. The van der Waals surface area contributed by atoms with Crippen LogP contribution in [0, 0.1) is 0 Å². The summed E-state index contributed by atoms with van der Waals surface area (Å²) in [5.41, 5.74) is 2.44. The normalized spacial score (nSPS) is 14.4. The molecule has 33 heavy (non-hydrogen) atoms. The Balaban J connectivity index is 0.00000259. The number of aromatic nitrogens is 2. The van der Waals surface area contributed by atoms with Gasteiger partial charge in [-0.05, 0) is 47.7 Å². The predicted molar refractivity (Wildman–Crippen MR) is 138 cm³/mol. The van der Waals surface area contributed by atoms with Crippen LogP contribution in [0.25, 0.3) is 21.0 Å². The van der Waals surface area contributed by atoms with Gasteiger partial charge in [0.1, 0.15) is 5.82 Å². The Morgan fingerprint density at radius 1 is 1.12 bits per heavy atom. The van der Waals surface area contributed by atoms with Gasteiger partial charge in [0.25, 0.3) is 0 Å². The molecule has 0 aliphatic carbocycles. The molecule has 5 rings (SSSR count). The van der Waals surface area contributed by atoms with Crippen LogP contribution >= 0.6 is 23.7 Å². The summed E-state index contributed by atoms with van der Waals surface area (Å²) in [6.07, 6.45) is 2.68. The summed E-state index contributed by atoms with van der Waals surface area (Å²) in [5.74, 6) is 0.968. The van der Waals surface area contributed by atoms with E-state index in [1.165, 1.54) is 17.0 Å². The second-order valence-electron chi connectivity index (χ2n) is 8.15. The molecule has 0 spiro atoms. The molecule has 7 nitrogen and oxygen atoms in total. The van der Waals surface area contributed by atoms with Gasteiger partial charge in [-0.3, -0.25) is 14.5 Å². The number of pyridine rings is 2. The third-order valence-electron chi connectivity index (χ3n) is 5.98. The number of benzene rings is 1. The highest BCUT2D eigenvalue weighted by molar-refractivity contribution is 7.17. The van der Waals surface area contributed by atoms with Gasteiger partial charge in [0.2, 0.25) is 11.5 Å². The van der Waals surface area contributed by atoms with E-state index in [2.05, 4.69) is 42.6 Å². The Kier molecular flexibility index (Phi) is 6.97. The second kappa shape index (κ2) is 9.91. The molecule has 1 aliphatic rings. The highest BCUT2D eigenvalue weighted by Gasteiger charge is 2.20. The minimum Gasteiger partial charge on any atom is -0.354 e.